The smallest absolute Gasteiger partial charge is 0.159 e. The Hall–Kier alpha value is -1.22. The van der Waals surface area contributed by atoms with Crippen LogP contribution < -0.4 is 0 Å². The van der Waals surface area contributed by atoms with Crippen LogP contribution in [0.5, 0.6) is 0 Å². The van der Waals surface area contributed by atoms with Crippen molar-refractivity contribution in [3.63, 3.8) is 0 Å². The molecule has 2 rings (SSSR count). The Labute approximate surface area is 119 Å². The first-order chi connectivity index (χ1) is 9.55. The highest BCUT2D eigenvalue weighted by molar-refractivity contribution is 5.27. The minimum Gasteiger partial charge on any atom is -0.385 e. The van der Waals surface area contributed by atoms with Gasteiger partial charge in [-0.2, -0.15) is 0 Å². The summed E-state index contributed by atoms with van der Waals surface area (Å²) in [5.74, 6) is -1.77. The number of unbranched alkanes of at least 4 members (excludes halogenated alkanes) is 2. The fourth-order valence-electron chi connectivity index (χ4n) is 2.76. The largest absolute Gasteiger partial charge is 0.385 e. The second-order valence-corrected chi connectivity index (χ2v) is 5.68. The lowest BCUT2D eigenvalue weighted by atomic mass is 9.79. The van der Waals surface area contributed by atoms with Gasteiger partial charge in [0.1, 0.15) is 0 Å². The van der Waals surface area contributed by atoms with E-state index < -0.39 is 17.2 Å². The fraction of sp³-hybridized carbons (Fsp3) is 0.529. The molecule has 0 saturated carbocycles. The Bertz CT molecular complexity index is 496. The summed E-state index contributed by atoms with van der Waals surface area (Å²) in [6, 6.07) is 3.68. The topological polar surface area (TPSA) is 20.2 Å². The third-order valence-corrected chi connectivity index (χ3v) is 4.15. The molecule has 0 saturated heterocycles. The van der Waals surface area contributed by atoms with Gasteiger partial charge in [-0.3, -0.25) is 0 Å². The zero-order valence-electron chi connectivity index (χ0n) is 12.0. The highest BCUT2D eigenvalue weighted by atomic mass is 19.2. The van der Waals surface area contributed by atoms with Gasteiger partial charge in [-0.25, -0.2) is 8.78 Å². The number of rotatable bonds is 5. The van der Waals surface area contributed by atoms with E-state index in [-0.39, 0.29) is 0 Å². The quantitative estimate of drug-likeness (QED) is 0.604. The van der Waals surface area contributed by atoms with Gasteiger partial charge in [0.25, 0.3) is 0 Å². The number of hydrogen-bond donors (Lipinski definition) is 1. The molecule has 1 N–H and O–H groups in total. The van der Waals surface area contributed by atoms with Crippen LogP contribution in [0.3, 0.4) is 0 Å². The minimum atomic E-state index is -1.05. The first kappa shape index (κ1) is 15.2. The molecular formula is C17H22F2O. The van der Waals surface area contributed by atoms with Crippen molar-refractivity contribution in [2.24, 2.45) is 0 Å². The lowest BCUT2D eigenvalue weighted by molar-refractivity contribution is 0.0251. The van der Waals surface area contributed by atoms with Crippen LogP contribution in [0.25, 0.3) is 0 Å². The average molecular weight is 280 g/mol. The molecule has 0 spiro atoms. The van der Waals surface area contributed by atoms with Crippen LogP contribution in [-0.2, 0) is 5.60 Å². The molecule has 3 heteroatoms. The van der Waals surface area contributed by atoms with Crippen LogP contribution in [0.2, 0.25) is 0 Å². The Morgan fingerprint density at radius 2 is 2.00 bits per heavy atom. The summed E-state index contributed by atoms with van der Waals surface area (Å²) in [7, 11) is 0. The van der Waals surface area contributed by atoms with E-state index in [0.717, 1.165) is 25.0 Å². The molecule has 1 atom stereocenters. The third kappa shape index (κ3) is 3.45. The number of hydrogen-bond acceptors (Lipinski definition) is 1. The highest BCUT2D eigenvalue weighted by Gasteiger charge is 2.31. The van der Waals surface area contributed by atoms with E-state index in [0.29, 0.717) is 18.4 Å². The van der Waals surface area contributed by atoms with Crippen molar-refractivity contribution < 1.29 is 13.9 Å². The molecule has 0 bridgehead atoms. The number of benzene rings is 1. The van der Waals surface area contributed by atoms with Gasteiger partial charge in [-0.05, 0) is 49.8 Å². The first-order valence-electron chi connectivity index (χ1n) is 7.41. The molecule has 1 aromatic carbocycles. The van der Waals surface area contributed by atoms with Crippen LogP contribution in [0.15, 0.2) is 29.8 Å². The molecule has 1 nitrogen and oxygen atoms in total. The zero-order valence-corrected chi connectivity index (χ0v) is 12.0. The van der Waals surface area contributed by atoms with Crippen molar-refractivity contribution in [1.82, 2.24) is 0 Å². The van der Waals surface area contributed by atoms with Crippen molar-refractivity contribution in [3.05, 3.63) is 47.0 Å². The van der Waals surface area contributed by atoms with Gasteiger partial charge in [0.15, 0.2) is 11.6 Å². The maximum atomic E-state index is 13.3. The van der Waals surface area contributed by atoms with Crippen molar-refractivity contribution in [3.8, 4) is 0 Å². The maximum absolute atomic E-state index is 13.3. The van der Waals surface area contributed by atoms with Crippen LogP contribution in [0.1, 0.15) is 57.4 Å². The van der Waals surface area contributed by atoms with E-state index in [2.05, 4.69) is 13.0 Å². The molecule has 1 aromatic rings. The van der Waals surface area contributed by atoms with Gasteiger partial charge in [0, 0.05) is 0 Å². The zero-order chi connectivity index (χ0) is 14.6. The van der Waals surface area contributed by atoms with Gasteiger partial charge in [0.05, 0.1) is 5.60 Å². The molecule has 0 fully saturated rings. The average Bonchev–Trinajstić information content (AvgIpc) is 2.44. The number of aliphatic hydroxyl groups is 1. The lowest BCUT2D eigenvalue weighted by Crippen LogP contribution is -2.28. The SMILES string of the molecule is CCCCCC1=CCC(O)(c2ccc(F)c(F)c2)CC1. The van der Waals surface area contributed by atoms with E-state index in [9.17, 15) is 13.9 Å². The highest BCUT2D eigenvalue weighted by Crippen LogP contribution is 2.37. The van der Waals surface area contributed by atoms with E-state index in [1.807, 2.05) is 0 Å². The van der Waals surface area contributed by atoms with Crippen molar-refractivity contribution in [2.45, 2.75) is 57.5 Å². The van der Waals surface area contributed by atoms with E-state index in [1.165, 1.54) is 30.9 Å². The molecule has 0 radical (unpaired) electrons. The van der Waals surface area contributed by atoms with Crippen LogP contribution in [-0.4, -0.2) is 5.11 Å². The third-order valence-electron chi connectivity index (χ3n) is 4.15. The lowest BCUT2D eigenvalue weighted by Gasteiger charge is -2.32. The van der Waals surface area contributed by atoms with Crippen molar-refractivity contribution in [2.75, 3.05) is 0 Å². The molecule has 0 aromatic heterocycles. The van der Waals surface area contributed by atoms with Gasteiger partial charge < -0.3 is 5.11 Å². The molecule has 20 heavy (non-hydrogen) atoms. The molecule has 0 amide bonds. The summed E-state index contributed by atoms with van der Waals surface area (Å²) < 4.78 is 26.2. The van der Waals surface area contributed by atoms with Crippen molar-refractivity contribution >= 4 is 0 Å². The maximum Gasteiger partial charge on any atom is 0.159 e. The monoisotopic (exact) mass is 280 g/mol. The summed E-state index contributed by atoms with van der Waals surface area (Å²) in [6.07, 6.45) is 8.67. The molecule has 0 aliphatic heterocycles. The Morgan fingerprint density at radius 1 is 1.20 bits per heavy atom. The van der Waals surface area contributed by atoms with Gasteiger partial charge in [-0.15, -0.1) is 0 Å². The molecule has 1 unspecified atom stereocenters. The van der Waals surface area contributed by atoms with Gasteiger partial charge in [0.2, 0.25) is 0 Å². The van der Waals surface area contributed by atoms with Crippen LogP contribution in [0, 0.1) is 11.6 Å². The van der Waals surface area contributed by atoms with E-state index in [4.69, 9.17) is 0 Å². The second kappa shape index (κ2) is 6.49. The summed E-state index contributed by atoms with van der Waals surface area (Å²) in [5.41, 5.74) is 0.800. The minimum absolute atomic E-state index is 0.472. The predicted molar refractivity (Wildman–Crippen MR) is 76.3 cm³/mol. The van der Waals surface area contributed by atoms with E-state index in [1.54, 1.807) is 0 Å². The summed E-state index contributed by atoms with van der Waals surface area (Å²) in [4.78, 5) is 0. The Morgan fingerprint density at radius 3 is 2.60 bits per heavy atom. The normalized spacial score (nSPS) is 22.7. The first-order valence-corrected chi connectivity index (χ1v) is 7.41. The molecule has 1 aliphatic carbocycles. The molecule has 110 valence electrons. The van der Waals surface area contributed by atoms with Gasteiger partial charge >= 0.3 is 0 Å². The standard InChI is InChI=1S/C17H22F2O/c1-2-3-4-5-13-8-10-17(20,11-9-13)14-6-7-15(18)16(19)12-14/h6-8,12,20H,2-5,9-11H2,1H3. The Balaban J connectivity index is 2.04. The summed E-state index contributed by atoms with van der Waals surface area (Å²) in [6.45, 7) is 2.18. The van der Waals surface area contributed by atoms with E-state index >= 15 is 0 Å². The van der Waals surface area contributed by atoms with Crippen molar-refractivity contribution in [1.29, 1.82) is 0 Å². The molecule has 0 heterocycles. The van der Waals surface area contributed by atoms with Crippen LogP contribution >= 0.6 is 0 Å². The van der Waals surface area contributed by atoms with Crippen LogP contribution in [0.4, 0.5) is 8.78 Å². The molecule has 1 aliphatic rings. The Kier molecular flexibility index (Phi) is 4.92. The number of halogens is 2. The molecular weight excluding hydrogens is 258 g/mol. The summed E-state index contributed by atoms with van der Waals surface area (Å²) >= 11 is 0. The number of allylic oxidation sites excluding steroid dienone is 1. The predicted octanol–water partition coefficient (Wildman–Crippen LogP) is 4.84. The van der Waals surface area contributed by atoms with Gasteiger partial charge in [-0.1, -0.05) is 37.5 Å². The second-order valence-electron chi connectivity index (χ2n) is 5.68. The fourth-order valence-corrected chi connectivity index (χ4v) is 2.76. The summed E-state index contributed by atoms with van der Waals surface area (Å²) in [5, 5.41) is 10.6.